The van der Waals surface area contributed by atoms with Crippen LogP contribution in [0.4, 0.5) is 0 Å². The van der Waals surface area contributed by atoms with E-state index in [0.717, 1.165) is 21.6 Å². The number of nitrogens with one attached hydrogen (secondary N) is 1. The van der Waals surface area contributed by atoms with Gasteiger partial charge in [0.1, 0.15) is 6.04 Å². The number of hydrogen-bond donors (Lipinski definition) is 2. The average molecular weight is 632 g/mol. The maximum atomic E-state index is 12.9. The highest BCUT2D eigenvalue weighted by molar-refractivity contribution is 7.98. The number of likely N-dealkylation sites (tertiary alicyclic amines) is 1. The van der Waals surface area contributed by atoms with Crippen LogP contribution in [0, 0.1) is 5.92 Å². The number of nitrogens with zero attached hydrogens (tertiary/aromatic N) is 1. The first-order valence-corrected chi connectivity index (χ1v) is 15.4. The van der Waals surface area contributed by atoms with E-state index < -0.39 is 12.0 Å². The summed E-state index contributed by atoms with van der Waals surface area (Å²) < 4.78 is 0. The lowest BCUT2D eigenvalue weighted by Gasteiger charge is -2.31. The van der Waals surface area contributed by atoms with Gasteiger partial charge in [0.2, 0.25) is 11.8 Å². The molecule has 0 unspecified atom stereocenters. The SMILES string of the molecule is CSc1ccc(/C=C/C(=O)N2CCC(C(=O)N[C@@H](Cc3ccc(-c4cccc(Cl)c4)cc3)C(=O)O)CC2)c(Cl)c1Cl. The van der Waals surface area contributed by atoms with E-state index in [1.54, 1.807) is 17.0 Å². The standard InChI is InChI=1S/C31H29Cl3N2O4S/c1-41-26-11-9-21(28(33)29(26)34)10-12-27(37)36-15-13-22(14-16-36)30(38)35-25(31(39)40)17-19-5-7-20(8-6-19)23-3-2-4-24(32)18-23/h2-12,18,22,25H,13-17H2,1H3,(H,35,38)(H,39,40)/b12-10+/t25-/m0/s1. The molecule has 3 aromatic rings. The maximum Gasteiger partial charge on any atom is 0.326 e. The molecule has 0 spiro atoms. The molecule has 0 aliphatic carbocycles. The van der Waals surface area contributed by atoms with Crippen LogP contribution in [-0.4, -0.2) is 53.2 Å². The smallest absolute Gasteiger partial charge is 0.326 e. The van der Waals surface area contributed by atoms with Crippen molar-refractivity contribution in [1.82, 2.24) is 10.2 Å². The lowest BCUT2D eigenvalue weighted by atomic mass is 9.94. The summed E-state index contributed by atoms with van der Waals surface area (Å²) >= 11 is 20.2. The molecule has 1 heterocycles. The van der Waals surface area contributed by atoms with Crippen LogP contribution in [0.5, 0.6) is 0 Å². The summed E-state index contributed by atoms with van der Waals surface area (Å²) in [5, 5.41) is 14.0. The van der Waals surface area contributed by atoms with E-state index in [0.29, 0.717) is 46.6 Å². The van der Waals surface area contributed by atoms with Crippen molar-refractivity contribution in [3.63, 3.8) is 0 Å². The molecule has 0 radical (unpaired) electrons. The van der Waals surface area contributed by atoms with Crippen molar-refractivity contribution in [2.24, 2.45) is 5.92 Å². The summed E-state index contributed by atoms with van der Waals surface area (Å²) in [6.07, 6.45) is 6.04. The van der Waals surface area contributed by atoms with Crippen molar-refractivity contribution in [1.29, 1.82) is 0 Å². The number of carbonyl (C=O) groups excluding carboxylic acids is 2. The van der Waals surface area contributed by atoms with Gasteiger partial charge in [-0.2, -0.15) is 0 Å². The van der Waals surface area contributed by atoms with Crippen molar-refractivity contribution in [3.05, 3.63) is 92.9 Å². The molecule has 1 saturated heterocycles. The van der Waals surface area contributed by atoms with Crippen LogP contribution in [0.3, 0.4) is 0 Å². The van der Waals surface area contributed by atoms with E-state index >= 15 is 0 Å². The van der Waals surface area contributed by atoms with Gasteiger partial charge in [0.25, 0.3) is 0 Å². The number of benzene rings is 3. The number of carboxylic acid groups (broad SMARTS) is 1. The Bertz CT molecular complexity index is 1450. The molecule has 4 rings (SSSR count). The zero-order valence-corrected chi connectivity index (χ0v) is 25.4. The Morgan fingerprint density at radius 2 is 1.71 bits per heavy atom. The quantitative estimate of drug-likeness (QED) is 0.194. The van der Waals surface area contributed by atoms with Crippen molar-refractivity contribution in [3.8, 4) is 11.1 Å². The Kier molecular flexibility index (Phi) is 10.8. The fourth-order valence-corrected chi connectivity index (χ4v) is 6.05. The molecular formula is C31H29Cl3N2O4S. The first-order valence-electron chi connectivity index (χ1n) is 13.0. The minimum absolute atomic E-state index is 0.156. The molecule has 1 fully saturated rings. The highest BCUT2D eigenvalue weighted by atomic mass is 35.5. The Morgan fingerprint density at radius 1 is 1.00 bits per heavy atom. The summed E-state index contributed by atoms with van der Waals surface area (Å²) in [5.41, 5.74) is 3.37. The van der Waals surface area contributed by atoms with Crippen LogP contribution >= 0.6 is 46.6 Å². The molecule has 1 aliphatic rings. The van der Waals surface area contributed by atoms with Crippen molar-refractivity contribution in [2.75, 3.05) is 19.3 Å². The van der Waals surface area contributed by atoms with Crippen molar-refractivity contribution < 1.29 is 19.5 Å². The lowest BCUT2D eigenvalue weighted by Crippen LogP contribution is -2.48. The third-order valence-corrected chi connectivity index (χ3v) is 9.07. The van der Waals surface area contributed by atoms with Crippen LogP contribution < -0.4 is 5.32 Å². The summed E-state index contributed by atoms with van der Waals surface area (Å²) in [5.74, 6) is -1.97. The molecule has 1 atom stereocenters. The van der Waals surface area contributed by atoms with Gasteiger partial charge < -0.3 is 15.3 Å². The number of amides is 2. The maximum absolute atomic E-state index is 12.9. The molecule has 10 heteroatoms. The third-order valence-electron chi connectivity index (χ3n) is 7.05. The Balaban J connectivity index is 1.30. The van der Waals surface area contributed by atoms with Gasteiger partial charge in [0.05, 0.1) is 10.0 Å². The van der Waals surface area contributed by atoms with Gasteiger partial charge in [-0.15, -0.1) is 11.8 Å². The van der Waals surface area contributed by atoms with Gasteiger partial charge in [-0.3, -0.25) is 9.59 Å². The predicted octanol–water partition coefficient (Wildman–Crippen LogP) is 7.10. The minimum Gasteiger partial charge on any atom is -0.480 e. The molecule has 0 aromatic heterocycles. The fraction of sp³-hybridized carbons (Fsp3) is 0.258. The van der Waals surface area contributed by atoms with E-state index in [1.165, 1.54) is 17.8 Å². The molecule has 214 valence electrons. The molecule has 41 heavy (non-hydrogen) atoms. The Morgan fingerprint density at radius 3 is 2.34 bits per heavy atom. The predicted molar refractivity (Wildman–Crippen MR) is 167 cm³/mol. The van der Waals surface area contributed by atoms with Gasteiger partial charge in [0, 0.05) is 41.4 Å². The lowest BCUT2D eigenvalue weighted by molar-refractivity contribution is -0.142. The zero-order valence-electron chi connectivity index (χ0n) is 22.3. The number of thioether (sulfide) groups is 1. The second kappa shape index (κ2) is 14.3. The van der Waals surface area contributed by atoms with E-state index in [1.807, 2.05) is 60.9 Å². The molecule has 2 N–H and O–H groups in total. The molecule has 1 aliphatic heterocycles. The fourth-order valence-electron chi connectivity index (χ4n) is 4.69. The number of hydrogen-bond acceptors (Lipinski definition) is 4. The van der Waals surface area contributed by atoms with Gasteiger partial charge in [-0.1, -0.05) is 77.3 Å². The summed E-state index contributed by atoms with van der Waals surface area (Å²) in [6.45, 7) is 0.785. The minimum atomic E-state index is -1.10. The molecular weight excluding hydrogens is 603 g/mol. The largest absolute Gasteiger partial charge is 0.480 e. The average Bonchev–Trinajstić information content (AvgIpc) is 2.97. The second-order valence-corrected chi connectivity index (χ2v) is 11.8. The second-order valence-electron chi connectivity index (χ2n) is 9.73. The first kappa shape index (κ1) is 31.0. The number of halogens is 3. The van der Waals surface area contributed by atoms with Crippen LogP contribution in [0.15, 0.2) is 71.6 Å². The zero-order chi connectivity index (χ0) is 29.5. The van der Waals surface area contributed by atoms with Crippen LogP contribution in [0.25, 0.3) is 17.2 Å². The topological polar surface area (TPSA) is 86.7 Å². The molecule has 0 bridgehead atoms. The monoisotopic (exact) mass is 630 g/mol. The van der Waals surface area contributed by atoms with Crippen molar-refractivity contribution in [2.45, 2.75) is 30.2 Å². The number of carboxylic acids is 1. The van der Waals surface area contributed by atoms with E-state index in [9.17, 15) is 19.5 Å². The highest BCUT2D eigenvalue weighted by Crippen LogP contribution is 2.35. The number of piperidine rings is 1. The van der Waals surface area contributed by atoms with Crippen molar-refractivity contribution >= 4 is 70.4 Å². The molecule has 0 saturated carbocycles. The number of carbonyl (C=O) groups is 3. The first-order chi connectivity index (χ1) is 19.7. The molecule has 3 aromatic carbocycles. The number of rotatable bonds is 9. The van der Waals surface area contributed by atoms with E-state index in [-0.39, 0.29) is 24.2 Å². The third kappa shape index (κ3) is 8.07. The molecule has 6 nitrogen and oxygen atoms in total. The van der Waals surface area contributed by atoms with Gasteiger partial charge in [-0.05, 0) is 65.6 Å². The molecule has 2 amide bonds. The Hall–Kier alpha value is -2.97. The van der Waals surface area contributed by atoms with Gasteiger partial charge in [0.15, 0.2) is 0 Å². The van der Waals surface area contributed by atoms with Gasteiger partial charge >= 0.3 is 5.97 Å². The van der Waals surface area contributed by atoms with E-state index in [4.69, 9.17) is 34.8 Å². The van der Waals surface area contributed by atoms with E-state index in [2.05, 4.69) is 5.32 Å². The summed E-state index contributed by atoms with van der Waals surface area (Å²) in [4.78, 5) is 40.2. The van der Waals surface area contributed by atoms with Gasteiger partial charge in [-0.25, -0.2) is 4.79 Å². The summed E-state index contributed by atoms with van der Waals surface area (Å²) in [7, 11) is 0. The normalized spacial score (nSPS) is 14.7. The number of aliphatic carboxylic acids is 1. The van der Waals surface area contributed by atoms with Crippen LogP contribution in [0.1, 0.15) is 24.0 Å². The highest BCUT2D eigenvalue weighted by Gasteiger charge is 2.29. The summed E-state index contributed by atoms with van der Waals surface area (Å²) in [6, 6.07) is 17.6. The van der Waals surface area contributed by atoms with Crippen LogP contribution in [-0.2, 0) is 20.8 Å². The van der Waals surface area contributed by atoms with Crippen LogP contribution in [0.2, 0.25) is 15.1 Å². The Labute approximate surface area is 258 Å².